The van der Waals surface area contributed by atoms with Gasteiger partial charge in [-0.1, -0.05) is 179 Å². The number of esters is 3. The SMILES string of the molecule is CC/C=C\C/C=C\C/C=C\C/C=C\C/C=C\C/C=C\CCC(=O)OCC(COC(=O)CCCC/C=C\C/C=C\C/C=C\CC)OC(=O)CCCCCC/C=C\C/C=C\C/C=C\CC. The molecule has 0 aromatic rings. The van der Waals surface area contributed by atoms with Crippen molar-refractivity contribution in [1.29, 1.82) is 0 Å². The van der Waals surface area contributed by atoms with E-state index < -0.39 is 6.10 Å². The first-order valence-electron chi connectivity index (χ1n) is 24.3. The topological polar surface area (TPSA) is 78.9 Å². The van der Waals surface area contributed by atoms with Gasteiger partial charge in [-0.3, -0.25) is 14.4 Å². The Kier molecular flexibility index (Phi) is 46.2. The number of unbranched alkanes of at least 4 members (excludes halogenated alkanes) is 6. The molecule has 0 spiro atoms. The van der Waals surface area contributed by atoms with Crippen molar-refractivity contribution in [2.24, 2.45) is 0 Å². The average molecular weight is 867 g/mol. The molecule has 6 nitrogen and oxygen atoms in total. The van der Waals surface area contributed by atoms with Crippen LogP contribution >= 0.6 is 0 Å². The van der Waals surface area contributed by atoms with Crippen molar-refractivity contribution in [3.8, 4) is 0 Å². The van der Waals surface area contributed by atoms with E-state index in [4.69, 9.17) is 14.2 Å². The van der Waals surface area contributed by atoms with Crippen LogP contribution in [-0.4, -0.2) is 37.2 Å². The lowest BCUT2D eigenvalue weighted by atomic mass is 10.1. The van der Waals surface area contributed by atoms with E-state index in [1.807, 2.05) is 12.2 Å². The van der Waals surface area contributed by atoms with E-state index in [1.165, 1.54) is 0 Å². The van der Waals surface area contributed by atoms with E-state index in [2.05, 4.69) is 154 Å². The fourth-order valence-corrected chi connectivity index (χ4v) is 5.79. The summed E-state index contributed by atoms with van der Waals surface area (Å²) in [7, 11) is 0. The van der Waals surface area contributed by atoms with Gasteiger partial charge in [0.15, 0.2) is 6.10 Å². The summed E-state index contributed by atoms with van der Waals surface area (Å²) in [4.78, 5) is 37.8. The van der Waals surface area contributed by atoms with E-state index in [0.29, 0.717) is 12.8 Å². The Morgan fingerprint density at radius 3 is 1.00 bits per heavy atom. The summed E-state index contributed by atoms with van der Waals surface area (Å²) in [6, 6.07) is 0. The summed E-state index contributed by atoms with van der Waals surface area (Å²) < 4.78 is 16.6. The second-order valence-corrected chi connectivity index (χ2v) is 15.2. The molecule has 0 amide bonds. The minimum atomic E-state index is -0.841. The summed E-state index contributed by atoms with van der Waals surface area (Å²) in [5, 5.41) is 0. The highest BCUT2D eigenvalue weighted by atomic mass is 16.6. The summed E-state index contributed by atoms with van der Waals surface area (Å²) in [6.07, 6.45) is 71.3. The molecule has 0 fully saturated rings. The molecule has 1 atom stereocenters. The molecular weight excluding hydrogens is 781 g/mol. The Morgan fingerprint density at radius 2 is 0.603 bits per heavy atom. The Morgan fingerprint density at radius 1 is 0.317 bits per heavy atom. The highest BCUT2D eigenvalue weighted by molar-refractivity contribution is 5.71. The van der Waals surface area contributed by atoms with Crippen LogP contribution < -0.4 is 0 Å². The number of allylic oxidation sites excluding steroid dienone is 24. The summed E-state index contributed by atoms with van der Waals surface area (Å²) in [5.41, 5.74) is 0. The van der Waals surface area contributed by atoms with E-state index >= 15 is 0 Å². The number of carbonyl (C=O) groups excluding carboxylic acids is 3. The minimum Gasteiger partial charge on any atom is -0.462 e. The fraction of sp³-hybridized carbons (Fsp3) is 0.526. The van der Waals surface area contributed by atoms with Gasteiger partial charge in [0.2, 0.25) is 0 Å². The number of ether oxygens (including phenoxy) is 3. The average Bonchev–Trinajstić information content (AvgIpc) is 3.28. The lowest BCUT2D eigenvalue weighted by molar-refractivity contribution is -0.166. The predicted molar refractivity (Wildman–Crippen MR) is 269 cm³/mol. The maximum absolute atomic E-state index is 12.8. The molecule has 0 radical (unpaired) electrons. The van der Waals surface area contributed by atoms with Gasteiger partial charge in [0.1, 0.15) is 13.2 Å². The lowest BCUT2D eigenvalue weighted by Crippen LogP contribution is -2.30. The Balaban J connectivity index is 4.61. The van der Waals surface area contributed by atoms with Crippen molar-refractivity contribution < 1.29 is 28.6 Å². The van der Waals surface area contributed by atoms with Gasteiger partial charge in [-0.15, -0.1) is 0 Å². The van der Waals surface area contributed by atoms with Crippen molar-refractivity contribution in [3.63, 3.8) is 0 Å². The molecule has 0 saturated carbocycles. The quantitative estimate of drug-likeness (QED) is 0.0264. The maximum atomic E-state index is 12.8. The maximum Gasteiger partial charge on any atom is 0.306 e. The van der Waals surface area contributed by atoms with E-state index in [9.17, 15) is 14.4 Å². The van der Waals surface area contributed by atoms with Crippen LogP contribution in [0.3, 0.4) is 0 Å². The number of hydrogen-bond acceptors (Lipinski definition) is 6. The molecule has 63 heavy (non-hydrogen) atoms. The van der Waals surface area contributed by atoms with Crippen molar-refractivity contribution in [2.45, 2.75) is 181 Å². The zero-order valence-electron chi connectivity index (χ0n) is 39.8. The molecule has 0 saturated heterocycles. The third-order valence-corrected chi connectivity index (χ3v) is 9.33. The normalized spacial score (nSPS) is 13.4. The van der Waals surface area contributed by atoms with Crippen molar-refractivity contribution in [2.75, 3.05) is 13.2 Å². The lowest BCUT2D eigenvalue weighted by Gasteiger charge is -2.18. The molecule has 1 unspecified atom stereocenters. The smallest absolute Gasteiger partial charge is 0.306 e. The summed E-state index contributed by atoms with van der Waals surface area (Å²) >= 11 is 0. The Hall–Kier alpha value is -4.71. The molecule has 350 valence electrons. The first-order valence-corrected chi connectivity index (χ1v) is 24.3. The number of carbonyl (C=O) groups is 3. The van der Waals surface area contributed by atoms with Crippen LogP contribution in [0.25, 0.3) is 0 Å². The van der Waals surface area contributed by atoms with Crippen molar-refractivity contribution in [3.05, 3.63) is 146 Å². The minimum absolute atomic E-state index is 0.137. The molecular formula is C57H86O6. The summed E-state index contributed by atoms with van der Waals surface area (Å²) in [6.45, 7) is 6.13. The van der Waals surface area contributed by atoms with Gasteiger partial charge >= 0.3 is 17.9 Å². The van der Waals surface area contributed by atoms with Crippen molar-refractivity contribution >= 4 is 17.9 Å². The molecule has 0 rings (SSSR count). The number of rotatable bonds is 41. The standard InChI is InChI=1S/C57H86O6/c1-4-7-10-13-16-19-22-25-27-28-29-30-31-33-35-38-41-44-47-50-56(59)62-53-54(52-61-55(58)49-46-43-40-37-34-24-21-18-15-12-9-6-3)63-57(60)51-48-45-42-39-36-32-26-23-20-17-14-11-8-5-2/h7-12,16-21,25-27,29-30,32-35,37,41,44,54H,4-6,13-15,22-24,28,31,36,38-40,42-43,45-53H2,1-3H3/b10-7-,11-8-,12-9-,19-16-,20-17-,21-18-,27-25-,30-29-,32-26-,35-33-,37-34-,44-41-. The number of hydrogen-bond donors (Lipinski definition) is 0. The first-order chi connectivity index (χ1) is 31.0. The van der Waals surface area contributed by atoms with E-state index in [0.717, 1.165) is 122 Å². The van der Waals surface area contributed by atoms with Gasteiger partial charge in [-0.25, -0.2) is 0 Å². The third kappa shape index (κ3) is 48.2. The third-order valence-electron chi connectivity index (χ3n) is 9.33. The van der Waals surface area contributed by atoms with Gasteiger partial charge < -0.3 is 14.2 Å². The van der Waals surface area contributed by atoms with Crippen molar-refractivity contribution in [1.82, 2.24) is 0 Å². The van der Waals surface area contributed by atoms with Crippen LogP contribution in [0.15, 0.2) is 146 Å². The molecule has 0 aromatic heterocycles. The molecule has 0 bridgehead atoms. The van der Waals surface area contributed by atoms with Crippen LogP contribution in [0.5, 0.6) is 0 Å². The first kappa shape index (κ1) is 58.3. The molecule has 0 aliphatic heterocycles. The van der Waals surface area contributed by atoms with Crippen LogP contribution in [0, 0.1) is 0 Å². The second kappa shape index (κ2) is 49.9. The molecule has 0 heterocycles. The Labute approximate surface area is 385 Å². The second-order valence-electron chi connectivity index (χ2n) is 15.2. The van der Waals surface area contributed by atoms with Crippen LogP contribution in [0.1, 0.15) is 175 Å². The molecule has 0 aliphatic rings. The molecule has 0 aliphatic carbocycles. The van der Waals surface area contributed by atoms with Crippen LogP contribution in [0.4, 0.5) is 0 Å². The highest BCUT2D eigenvalue weighted by Gasteiger charge is 2.19. The molecule has 0 aromatic carbocycles. The van der Waals surface area contributed by atoms with Gasteiger partial charge in [0.05, 0.1) is 0 Å². The van der Waals surface area contributed by atoms with Gasteiger partial charge in [0.25, 0.3) is 0 Å². The largest absolute Gasteiger partial charge is 0.462 e. The zero-order chi connectivity index (χ0) is 45.8. The predicted octanol–water partition coefficient (Wildman–Crippen LogP) is 16.1. The van der Waals surface area contributed by atoms with Gasteiger partial charge in [-0.2, -0.15) is 0 Å². The fourth-order valence-electron chi connectivity index (χ4n) is 5.79. The van der Waals surface area contributed by atoms with Crippen LogP contribution in [0.2, 0.25) is 0 Å². The monoisotopic (exact) mass is 867 g/mol. The summed E-state index contributed by atoms with van der Waals surface area (Å²) in [5.74, 6) is -1.10. The Bertz CT molecular complexity index is 1460. The van der Waals surface area contributed by atoms with Crippen LogP contribution in [-0.2, 0) is 28.6 Å². The van der Waals surface area contributed by atoms with E-state index in [1.54, 1.807) is 0 Å². The van der Waals surface area contributed by atoms with Gasteiger partial charge in [0, 0.05) is 19.3 Å². The zero-order valence-corrected chi connectivity index (χ0v) is 39.8. The van der Waals surface area contributed by atoms with Gasteiger partial charge in [-0.05, 0) is 122 Å². The molecule has 6 heteroatoms. The molecule has 0 N–H and O–H groups in total. The highest BCUT2D eigenvalue weighted by Crippen LogP contribution is 2.10. The van der Waals surface area contributed by atoms with E-state index in [-0.39, 0.29) is 50.4 Å².